The molecule has 2 rings (SSSR count). The lowest BCUT2D eigenvalue weighted by molar-refractivity contribution is -0.141. The van der Waals surface area contributed by atoms with Gasteiger partial charge in [0.2, 0.25) is 0 Å². The molecule has 20 heavy (non-hydrogen) atoms. The fourth-order valence-corrected chi connectivity index (χ4v) is 2.50. The van der Waals surface area contributed by atoms with Crippen LogP contribution in [0.2, 0.25) is 5.02 Å². The van der Waals surface area contributed by atoms with Gasteiger partial charge in [-0.2, -0.15) is 5.10 Å². The molecule has 5 heteroatoms. The number of aromatic nitrogens is 2. The van der Waals surface area contributed by atoms with E-state index in [2.05, 4.69) is 5.10 Å². The zero-order valence-corrected chi connectivity index (χ0v) is 12.3. The first-order chi connectivity index (χ1) is 9.47. The zero-order valence-electron chi connectivity index (χ0n) is 11.5. The van der Waals surface area contributed by atoms with E-state index < -0.39 is 11.9 Å². The quantitative estimate of drug-likeness (QED) is 0.922. The molecule has 0 radical (unpaired) electrons. The lowest BCUT2D eigenvalue weighted by Crippen LogP contribution is -2.20. The molecule has 1 aromatic heterocycles. The van der Waals surface area contributed by atoms with Gasteiger partial charge in [-0.1, -0.05) is 29.8 Å². The molecule has 0 saturated carbocycles. The second-order valence-corrected chi connectivity index (χ2v) is 5.34. The van der Waals surface area contributed by atoms with E-state index in [4.69, 9.17) is 11.6 Å². The molecule has 0 amide bonds. The summed E-state index contributed by atoms with van der Waals surface area (Å²) >= 11 is 6.10. The van der Waals surface area contributed by atoms with Gasteiger partial charge in [-0.15, -0.1) is 0 Å². The Morgan fingerprint density at radius 2 is 2.10 bits per heavy atom. The van der Waals surface area contributed by atoms with Crippen LogP contribution < -0.4 is 0 Å². The Balaban J connectivity index is 2.18. The molecule has 1 aromatic carbocycles. The summed E-state index contributed by atoms with van der Waals surface area (Å²) < 4.78 is 1.73. The zero-order chi connectivity index (χ0) is 14.7. The van der Waals surface area contributed by atoms with Crippen LogP contribution in [0, 0.1) is 12.8 Å². The van der Waals surface area contributed by atoms with Crippen LogP contribution in [0.15, 0.2) is 30.3 Å². The molecule has 0 aliphatic carbocycles. The monoisotopic (exact) mass is 292 g/mol. The van der Waals surface area contributed by atoms with Crippen molar-refractivity contribution in [3.8, 4) is 0 Å². The number of carbonyl (C=O) groups is 1. The van der Waals surface area contributed by atoms with Gasteiger partial charge < -0.3 is 5.11 Å². The van der Waals surface area contributed by atoms with Crippen molar-refractivity contribution in [3.63, 3.8) is 0 Å². The first-order valence-corrected chi connectivity index (χ1v) is 6.81. The van der Waals surface area contributed by atoms with E-state index in [0.29, 0.717) is 17.9 Å². The Labute approximate surface area is 123 Å². The van der Waals surface area contributed by atoms with E-state index in [0.717, 1.165) is 17.0 Å². The fraction of sp³-hybridized carbons (Fsp3) is 0.333. The van der Waals surface area contributed by atoms with Gasteiger partial charge >= 0.3 is 5.97 Å². The summed E-state index contributed by atoms with van der Waals surface area (Å²) in [5.74, 6) is -1.33. The number of nitrogens with zero attached hydrogens (tertiary/aromatic N) is 2. The predicted molar refractivity (Wildman–Crippen MR) is 77.9 cm³/mol. The first-order valence-electron chi connectivity index (χ1n) is 6.43. The van der Waals surface area contributed by atoms with Crippen LogP contribution in [-0.2, 0) is 24.7 Å². The van der Waals surface area contributed by atoms with Gasteiger partial charge in [0.25, 0.3) is 0 Å². The number of rotatable bonds is 5. The standard InChI is InChI=1S/C15H17ClN2O2/c1-10-7-13(18(2)17-10)9-12(15(19)20)8-11-5-3-4-6-14(11)16/h3-7,12H,8-9H2,1-2H3,(H,19,20). The molecule has 1 unspecified atom stereocenters. The number of halogens is 1. The Hall–Kier alpha value is -1.81. The molecule has 0 saturated heterocycles. The number of benzene rings is 1. The maximum Gasteiger partial charge on any atom is 0.307 e. The summed E-state index contributed by atoms with van der Waals surface area (Å²) in [6.45, 7) is 1.90. The topological polar surface area (TPSA) is 55.1 Å². The van der Waals surface area contributed by atoms with Crippen LogP contribution in [0.4, 0.5) is 0 Å². The van der Waals surface area contributed by atoms with Gasteiger partial charge in [0.15, 0.2) is 0 Å². The van der Waals surface area contributed by atoms with E-state index in [-0.39, 0.29) is 0 Å². The van der Waals surface area contributed by atoms with Crippen LogP contribution in [0.1, 0.15) is 17.0 Å². The first kappa shape index (κ1) is 14.6. The number of aliphatic carboxylic acids is 1. The largest absolute Gasteiger partial charge is 0.481 e. The van der Waals surface area contributed by atoms with Crippen LogP contribution in [0.3, 0.4) is 0 Å². The fourth-order valence-electron chi connectivity index (χ4n) is 2.28. The van der Waals surface area contributed by atoms with E-state index in [1.165, 1.54) is 0 Å². The minimum Gasteiger partial charge on any atom is -0.481 e. The Morgan fingerprint density at radius 1 is 1.40 bits per heavy atom. The molecular weight excluding hydrogens is 276 g/mol. The van der Waals surface area contributed by atoms with Gasteiger partial charge in [-0.3, -0.25) is 9.48 Å². The summed E-state index contributed by atoms with van der Waals surface area (Å²) in [7, 11) is 1.83. The molecule has 0 bridgehead atoms. The van der Waals surface area contributed by atoms with E-state index in [9.17, 15) is 9.90 Å². The smallest absolute Gasteiger partial charge is 0.307 e. The van der Waals surface area contributed by atoms with Crippen molar-refractivity contribution in [1.82, 2.24) is 9.78 Å². The highest BCUT2D eigenvalue weighted by atomic mass is 35.5. The van der Waals surface area contributed by atoms with Gasteiger partial charge in [0.05, 0.1) is 11.6 Å². The van der Waals surface area contributed by atoms with Crippen LogP contribution in [0.5, 0.6) is 0 Å². The maximum atomic E-state index is 11.5. The Kier molecular flexibility index (Phi) is 4.45. The number of aryl methyl sites for hydroxylation is 2. The Morgan fingerprint density at radius 3 is 2.65 bits per heavy atom. The number of carboxylic acid groups (broad SMARTS) is 1. The summed E-state index contributed by atoms with van der Waals surface area (Å²) in [5, 5.41) is 14.3. The van der Waals surface area contributed by atoms with E-state index >= 15 is 0 Å². The van der Waals surface area contributed by atoms with Crippen molar-refractivity contribution in [1.29, 1.82) is 0 Å². The van der Waals surface area contributed by atoms with Crippen LogP contribution in [0.25, 0.3) is 0 Å². The van der Waals surface area contributed by atoms with Gasteiger partial charge in [-0.05, 0) is 31.0 Å². The summed E-state index contributed by atoms with van der Waals surface area (Å²) in [5.41, 5.74) is 2.67. The third-order valence-electron chi connectivity index (χ3n) is 3.33. The highest BCUT2D eigenvalue weighted by Gasteiger charge is 2.21. The van der Waals surface area contributed by atoms with Gasteiger partial charge in [0.1, 0.15) is 0 Å². The average Bonchev–Trinajstić information content (AvgIpc) is 2.69. The lowest BCUT2D eigenvalue weighted by atomic mass is 9.94. The minimum absolute atomic E-state index is 0.416. The maximum absolute atomic E-state index is 11.5. The minimum atomic E-state index is -0.816. The predicted octanol–water partition coefficient (Wildman–Crippen LogP) is 2.87. The SMILES string of the molecule is Cc1cc(CC(Cc2ccccc2Cl)C(=O)O)n(C)n1. The summed E-state index contributed by atoms with van der Waals surface area (Å²) in [4.78, 5) is 11.5. The average molecular weight is 293 g/mol. The Bertz CT molecular complexity index is 622. The molecule has 1 atom stereocenters. The summed E-state index contributed by atoms with van der Waals surface area (Å²) in [6, 6.07) is 9.28. The lowest BCUT2D eigenvalue weighted by Gasteiger charge is -2.13. The van der Waals surface area contributed by atoms with Crippen molar-refractivity contribution in [2.24, 2.45) is 13.0 Å². The van der Waals surface area contributed by atoms with Crippen molar-refractivity contribution >= 4 is 17.6 Å². The van der Waals surface area contributed by atoms with Crippen molar-refractivity contribution in [2.75, 3.05) is 0 Å². The number of hydrogen-bond donors (Lipinski definition) is 1. The molecule has 4 nitrogen and oxygen atoms in total. The molecule has 0 spiro atoms. The highest BCUT2D eigenvalue weighted by Crippen LogP contribution is 2.21. The summed E-state index contributed by atoms with van der Waals surface area (Å²) in [6.07, 6.45) is 0.858. The van der Waals surface area contributed by atoms with Gasteiger partial charge in [-0.25, -0.2) is 0 Å². The molecule has 0 fully saturated rings. The van der Waals surface area contributed by atoms with Gasteiger partial charge in [0, 0.05) is 24.2 Å². The molecule has 1 heterocycles. The number of carboxylic acids is 1. The van der Waals surface area contributed by atoms with Crippen molar-refractivity contribution in [3.05, 3.63) is 52.3 Å². The van der Waals surface area contributed by atoms with Crippen LogP contribution >= 0.6 is 11.6 Å². The van der Waals surface area contributed by atoms with Crippen LogP contribution in [-0.4, -0.2) is 20.9 Å². The molecule has 0 aliphatic heterocycles. The second kappa shape index (κ2) is 6.09. The van der Waals surface area contributed by atoms with Crippen molar-refractivity contribution < 1.29 is 9.90 Å². The normalized spacial score (nSPS) is 12.3. The second-order valence-electron chi connectivity index (χ2n) is 4.94. The molecule has 106 valence electrons. The highest BCUT2D eigenvalue weighted by molar-refractivity contribution is 6.31. The molecule has 1 N–H and O–H groups in total. The number of hydrogen-bond acceptors (Lipinski definition) is 2. The molecule has 2 aromatic rings. The van der Waals surface area contributed by atoms with Crippen molar-refractivity contribution in [2.45, 2.75) is 19.8 Å². The van der Waals surface area contributed by atoms with E-state index in [1.54, 1.807) is 10.7 Å². The third kappa shape index (κ3) is 3.39. The third-order valence-corrected chi connectivity index (χ3v) is 3.70. The van der Waals surface area contributed by atoms with E-state index in [1.807, 2.05) is 38.2 Å². The molecule has 0 aliphatic rings. The molecular formula is C15H17ClN2O2.